The number of rotatable bonds is 5. The maximum atomic E-state index is 13.7. The third kappa shape index (κ3) is 4.34. The van der Waals surface area contributed by atoms with Crippen LogP contribution in [0.4, 0.5) is 4.39 Å². The minimum Gasteiger partial charge on any atom is -0.330 e. The van der Waals surface area contributed by atoms with Gasteiger partial charge in [0.25, 0.3) is 0 Å². The molecule has 0 N–H and O–H groups in total. The molecule has 0 aromatic carbocycles. The van der Waals surface area contributed by atoms with Gasteiger partial charge in [0.05, 0.1) is 18.6 Å². The number of imidazole rings is 1. The molecule has 0 unspecified atom stereocenters. The highest BCUT2D eigenvalue weighted by atomic mass is 19.1. The molecule has 0 aliphatic carbocycles. The van der Waals surface area contributed by atoms with Gasteiger partial charge in [-0.3, -0.25) is 4.79 Å². The van der Waals surface area contributed by atoms with Crippen LogP contribution in [0.1, 0.15) is 26.0 Å². The summed E-state index contributed by atoms with van der Waals surface area (Å²) in [5.41, 5.74) is 1.26. The van der Waals surface area contributed by atoms with Crippen LogP contribution in [0, 0.1) is 6.92 Å². The third-order valence-electron chi connectivity index (χ3n) is 2.24. The van der Waals surface area contributed by atoms with Gasteiger partial charge >= 0.3 is 0 Å². The van der Waals surface area contributed by atoms with Crippen LogP contribution in [0.2, 0.25) is 0 Å². The lowest BCUT2D eigenvalue weighted by Crippen LogP contribution is -1.98. The lowest BCUT2D eigenvalue weighted by atomic mass is 10.1. The van der Waals surface area contributed by atoms with Gasteiger partial charge in [-0.1, -0.05) is 13.0 Å². The van der Waals surface area contributed by atoms with Gasteiger partial charge in [0, 0.05) is 11.8 Å². The summed E-state index contributed by atoms with van der Waals surface area (Å²) in [5.74, 6) is -0.471. The Morgan fingerprint density at radius 1 is 1.59 bits per heavy atom. The molecule has 3 nitrogen and oxygen atoms in total. The average Bonchev–Trinajstić information content (AvgIpc) is 2.63. The Hall–Kier alpha value is -1.71. The van der Waals surface area contributed by atoms with E-state index in [-0.39, 0.29) is 18.2 Å². The molecule has 0 saturated heterocycles. The van der Waals surface area contributed by atoms with Crippen LogP contribution in [-0.4, -0.2) is 15.3 Å². The van der Waals surface area contributed by atoms with E-state index in [2.05, 4.69) is 4.98 Å². The minimum atomic E-state index is -0.350. The van der Waals surface area contributed by atoms with E-state index in [0.717, 1.165) is 5.69 Å². The summed E-state index contributed by atoms with van der Waals surface area (Å²) in [6.07, 6.45) is 7.05. The van der Waals surface area contributed by atoms with Gasteiger partial charge in [0.1, 0.15) is 5.83 Å². The zero-order valence-corrected chi connectivity index (χ0v) is 10.4. The van der Waals surface area contributed by atoms with Gasteiger partial charge in [-0.15, -0.1) is 0 Å². The Bertz CT molecular complexity index is 458. The van der Waals surface area contributed by atoms with E-state index in [9.17, 15) is 9.18 Å². The topological polar surface area (TPSA) is 34.9 Å². The molecule has 0 bridgehead atoms. The van der Waals surface area contributed by atoms with Gasteiger partial charge in [-0.05, 0) is 26.3 Å². The Balaban J connectivity index is 2.77. The van der Waals surface area contributed by atoms with Crippen molar-refractivity contribution in [3.8, 4) is 0 Å². The second-order valence-corrected chi connectivity index (χ2v) is 3.90. The molecular weight excluding hydrogens is 219 g/mol. The van der Waals surface area contributed by atoms with Crippen LogP contribution < -0.4 is 0 Å². The Labute approximate surface area is 101 Å². The highest BCUT2D eigenvalue weighted by Gasteiger charge is 2.04. The van der Waals surface area contributed by atoms with Crippen molar-refractivity contribution in [1.82, 2.24) is 9.55 Å². The van der Waals surface area contributed by atoms with E-state index in [0.29, 0.717) is 12.0 Å². The number of aryl methyl sites for hydroxylation is 1. The number of carbonyl (C=O) groups excluding carboxylic acids is 1. The van der Waals surface area contributed by atoms with Crippen molar-refractivity contribution < 1.29 is 9.18 Å². The SMILES string of the molecule is CC/C=C(\C=C(\F)Cn1cnc(C)c1)C(C)=O. The summed E-state index contributed by atoms with van der Waals surface area (Å²) in [5, 5.41) is 0. The number of halogens is 1. The molecule has 0 radical (unpaired) electrons. The molecular formula is C13H17FN2O. The van der Waals surface area contributed by atoms with Crippen LogP contribution in [0.25, 0.3) is 0 Å². The number of nitrogens with zero attached hydrogens (tertiary/aromatic N) is 2. The minimum absolute atomic E-state index is 0.106. The number of ketones is 1. The van der Waals surface area contributed by atoms with Crippen molar-refractivity contribution in [2.75, 3.05) is 0 Å². The highest BCUT2D eigenvalue weighted by Crippen LogP contribution is 2.09. The van der Waals surface area contributed by atoms with E-state index < -0.39 is 0 Å². The number of hydrogen-bond acceptors (Lipinski definition) is 2. The fourth-order valence-electron chi connectivity index (χ4n) is 1.47. The summed E-state index contributed by atoms with van der Waals surface area (Å²) in [4.78, 5) is 15.2. The first-order valence-electron chi connectivity index (χ1n) is 5.58. The van der Waals surface area contributed by atoms with Crippen LogP contribution in [0.3, 0.4) is 0 Å². The lowest BCUT2D eigenvalue weighted by Gasteiger charge is -2.00. The molecule has 0 aliphatic rings. The largest absolute Gasteiger partial charge is 0.330 e. The van der Waals surface area contributed by atoms with Crippen molar-refractivity contribution in [2.24, 2.45) is 0 Å². The maximum Gasteiger partial charge on any atom is 0.159 e. The van der Waals surface area contributed by atoms with Gasteiger partial charge in [0.2, 0.25) is 0 Å². The van der Waals surface area contributed by atoms with Crippen molar-refractivity contribution in [3.05, 3.63) is 41.8 Å². The molecule has 1 rings (SSSR count). The molecule has 0 aliphatic heterocycles. The second-order valence-electron chi connectivity index (χ2n) is 3.90. The highest BCUT2D eigenvalue weighted by molar-refractivity contribution is 5.96. The molecule has 1 aromatic heterocycles. The molecule has 1 heterocycles. The lowest BCUT2D eigenvalue weighted by molar-refractivity contribution is -0.113. The summed E-state index contributed by atoms with van der Waals surface area (Å²) in [7, 11) is 0. The van der Waals surface area contributed by atoms with Crippen LogP contribution >= 0.6 is 0 Å². The van der Waals surface area contributed by atoms with Crippen LogP contribution in [0.5, 0.6) is 0 Å². The summed E-state index contributed by atoms with van der Waals surface area (Å²) in [6, 6.07) is 0. The van der Waals surface area contributed by atoms with E-state index in [1.165, 1.54) is 13.0 Å². The van der Waals surface area contributed by atoms with Gasteiger partial charge in [-0.2, -0.15) is 0 Å². The molecule has 17 heavy (non-hydrogen) atoms. The van der Waals surface area contributed by atoms with Gasteiger partial charge < -0.3 is 4.57 Å². The maximum absolute atomic E-state index is 13.7. The molecule has 0 fully saturated rings. The predicted octanol–water partition coefficient (Wildman–Crippen LogP) is 2.97. The predicted molar refractivity (Wildman–Crippen MR) is 65.2 cm³/mol. The van der Waals surface area contributed by atoms with E-state index in [4.69, 9.17) is 0 Å². The number of allylic oxidation sites excluding steroid dienone is 4. The average molecular weight is 236 g/mol. The summed E-state index contributed by atoms with van der Waals surface area (Å²) >= 11 is 0. The fraction of sp³-hybridized carbons (Fsp3) is 0.385. The van der Waals surface area contributed by atoms with Crippen molar-refractivity contribution >= 4 is 5.78 Å². The monoisotopic (exact) mass is 236 g/mol. The molecule has 4 heteroatoms. The fourth-order valence-corrected chi connectivity index (χ4v) is 1.47. The second kappa shape index (κ2) is 6.13. The number of hydrogen-bond donors (Lipinski definition) is 0. The quantitative estimate of drug-likeness (QED) is 0.582. The molecule has 92 valence electrons. The van der Waals surface area contributed by atoms with Gasteiger partial charge in [-0.25, -0.2) is 9.37 Å². The molecule has 0 spiro atoms. The third-order valence-corrected chi connectivity index (χ3v) is 2.24. The first-order chi connectivity index (χ1) is 8.02. The van der Waals surface area contributed by atoms with Crippen molar-refractivity contribution in [2.45, 2.75) is 33.7 Å². The summed E-state index contributed by atoms with van der Waals surface area (Å²) in [6.45, 7) is 5.30. The first kappa shape index (κ1) is 13.4. The van der Waals surface area contributed by atoms with E-state index in [1.807, 2.05) is 13.8 Å². The van der Waals surface area contributed by atoms with E-state index in [1.54, 1.807) is 23.2 Å². The molecule has 0 amide bonds. The number of Topliss-reactive ketones (excluding diaryl/α,β-unsaturated/α-hetero) is 1. The standard InChI is InChI=1S/C13H17FN2O/c1-4-5-12(11(3)17)6-13(14)8-16-7-10(2)15-9-16/h5-7,9H,4,8H2,1-3H3/b12-5+,13-6+. The van der Waals surface area contributed by atoms with E-state index >= 15 is 0 Å². The Kier molecular flexibility index (Phi) is 4.82. The number of aromatic nitrogens is 2. The van der Waals surface area contributed by atoms with Crippen LogP contribution in [-0.2, 0) is 11.3 Å². The zero-order valence-electron chi connectivity index (χ0n) is 10.4. The first-order valence-corrected chi connectivity index (χ1v) is 5.58. The molecule has 0 saturated carbocycles. The zero-order chi connectivity index (χ0) is 12.8. The van der Waals surface area contributed by atoms with Crippen molar-refractivity contribution in [3.63, 3.8) is 0 Å². The Morgan fingerprint density at radius 2 is 2.29 bits per heavy atom. The normalized spacial score (nSPS) is 12.9. The number of carbonyl (C=O) groups is 1. The van der Waals surface area contributed by atoms with Gasteiger partial charge in [0.15, 0.2) is 5.78 Å². The Morgan fingerprint density at radius 3 is 2.76 bits per heavy atom. The van der Waals surface area contributed by atoms with Crippen molar-refractivity contribution in [1.29, 1.82) is 0 Å². The smallest absolute Gasteiger partial charge is 0.159 e. The summed E-state index contributed by atoms with van der Waals surface area (Å²) < 4.78 is 15.3. The molecule has 1 aromatic rings. The molecule has 0 atom stereocenters. The van der Waals surface area contributed by atoms with Crippen LogP contribution in [0.15, 0.2) is 36.1 Å².